The normalized spacial score (nSPS) is 23.7. The van der Waals surface area contributed by atoms with Crippen molar-refractivity contribution in [3.8, 4) is 24.3 Å². The lowest BCUT2D eigenvalue weighted by atomic mass is 9.93. The summed E-state index contributed by atoms with van der Waals surface area (Å²) >= 11 is 0. The van der Waals surface area contributed by atoms with Crippen LogP contribution in [0.5, 0.6) is 0 Å². The number of fused-ring (bicyclic) bond motifs is 4. The molecule has 8 aromatic rings. The Morgan fingerprint density at radius 2 is 0.648 bits per heavy atom. The third-order valence-corrected chi connectivity index (χ3v) is 22.5. The molecule has 7 fully saturated rings. The minimum absolute atomic E-state index is 0. The number of aromatic nitrogens is 8. The van der Waals surface area contributed by atoms with E-state index in [2.05, 4.69) is 163 Å². The number of hydrogen-bond donors (Lipinski definition) is 4. The van der Waals surface area contributed by atoms with Crippen LogP contribution in [0.3, 0.4) is 0 Å². The Hall–Kier alpha value is -10.4. The summed E-state index contributed by atoms with van der Waals surface area (Å²) in [4.78, 5) is 89.1. The van der Waals surface area contributed by atoms with Crippen molar-refractivity contribution in [3.63, 3.8) is 0 Å². The van der Waals surface area contributed by atoms with Crippen LogP contribution < -0.4 is 41.3 Å². The number of rotatable bonds is 13. The van der Waals surface area contributed by atoms with Crippen LogP contribution in [0.2, 0.25) is 0 Å². The second-order valence-corrected chi connectivity index (χ2v) is 30.6. The molecule has 108 heavy (non-hydrogen) atoms. The second kappa shape index (κ2) is 37.0. The van der Waals surface area contributed by atoms with E-state index in [-0.39, 0.29) is 56.7 Å². The molecular weight excluding hydrogens is 1360 g/mol. The zero-order chi connectivity index (χ0) is 74.5. The first-order chi connectivity index (χ1) is 51.3. The van der Waals surface area contributed by atoms with Crippen LogP contribution in [0.4, 0.5) is 22.7 Å². The van der Waals surface area contributed by atoms with Crippen LogP contribution in [0.25, 0.3) is 44.1 Å². The monoisotopic (exact) mass is 1460 g/mol. The van der Waals surface area contributed by atoms with Crippen molar-refractivity contribution < 1.29 is 14.4 Å². The van der Waals surface area contributed by atoms with E-state index < -0.39 is 0 Å². The number of carbonyl (C=O) groups excluding carboxylic acids is 3. The minimum atomic E-state index is 0. The topological polar surface area (TPSA) is 334 Å². The maximum Gasteiger partial charge on any atom is 0.220 e. The Balaban J connectivity index is 0.000000154. The van der Waals surface area contributed by atoms with Crippen LogP contribution >= 0.6 is 0 Å². The smallest absolute Gasteiger partial charge is 0.220 e. The second-order valence-electron chi connectivity index (χ2n) is 30.6. The van der Waals surface area contributed by atoms with Gasteiger partial charge in [-0.25, -0.2) is 0 Å². The third kappa shape index (κ3) is 19.1. The fourth-order valence-corrected chi connectivity index (χ4v) is 16.5. The van der Waals surface area contributed by atoms with E-state index in [1.165, 1.54) is 12.8 Å². The maximum absolute atomic E-state index is 12.7. The molecule has 0 saturated carbocycles. The number of likely N-dealkylation sites (tertiary alicyclic amines) is 3. The predicted octanol–water partition coefficient (Wildman–Crippen LogP) is 9.08. The van der Waals surface area contributed by atoms with Gasteiger partial charge in [-0.2, -0.15) is 21.0 Å². The molecule has 2 unspecified atom stereocenters. The minimum Gasteiger partial charge on any atom is -0.368 e. The predicted molar refractivity (Wildman–Crippen MR) is 424 cm³/mol. The number of nitrogens with one attached hydrogen (secondary N) is 3. The number of carbonyl (C=O) groups is 3. The molecule has 0 spiro atoms. The van der Waals surface area contributed by atoms with Crippen molar-refractivity contribution in [3.05, 3.63) is 120 Å². The first-order valence-electron chi connectivity index (χ1n) is 37.6. The molecule has 4 aromatic carbocycles. The quantitative estimate of drug-likeness (QED) is 0.0835. The molecule has 4 aromatic heterocycles. The van der Waals surface area contributed by atoms with Gasteiger partial charge in [0.1, 0.15) is 68.4 Å². The molecule has 3 amide bonds. The summed E-state index contributed by atoms with van der Waals surface area (Å²) in [5, 5.41) is 47.0. The van der Waals surface area contributed by atoms with Gasteiger partial charge in [0.05, 0.1) is 63.1 Å². The average molecular weight is 1460 g/mol. The summed E-state index contributed by atoms with van der Waals surface area (Å²) < 4.78 is 0. The summed E-state index contributed by atoms with van der Waals surface area (Å²) in [6.07, 6.45) is 21.8. The molecule has 7 aliphatic heterocycles. The highest BCUT2D eigenvalue weighted by Gasteiger charge is 2.37. The number of anilines is 4. The van der Waals surface area contributed by atoms with Crippen LogP contribution in [0, 0.1) is 86.7 Å². The Morgan fingerprint density at radius 1 is 0.370 bits per heavy atom. The number of nitrogens with two attached hydrogens (primary N) is 1. The molecule has 26 heteroatoms. The van der Waals surface area contributed by atoms with Gasteiger partial charge in [0.2, 0.25) is 17.7 Å². The zero-order valence-electron chi connectivity index (χ0n) is 62.2. The Bertz CT molecular complexity index is 4460. The number of piperidine rings is 3. The zero-order valence-corrected chi connectivity index (χ0v) is 62.2. The maximum atomic E-state index is 12.7. The molecule has 11 heterocycles. The van der Waals surface area contributed by atoms with Gasteiger partial charge in [-0.1, -0.05) is 42.5 Å². The van der Waals surface area contributed by atoms with E-state index in [0.29, 0.717) is 105 Å². The molecule has 0 radical (unpaired) electrons. The van der Waals surface area contributed by atoms with Gasteiger partial charge >= 0.3 is 0 Å². The first-order valence-corrected chi connectivity index (χ1v) is 37.6. The summed E-state index contributed by atoms with van der Waals surface area (Å²) in [6.45, 7) is 21.6. The van der Waals surface area contributed by atoms with E-state index >= 15 is 0 Å². The van der Waals surface area contributed by atoms with Gasteiger partial charge in [-0.05, 0) is 176 Å². The van der Waals surface area contributed by atoms with Crippen LogP contribution in [-0.2, 0) is 14.4 Å². The highest BCUT2D eigenvalue weighted by atomic mass is 16.2. The van der Waals surface area contributed by atoms with Crippen LogP contribution in [-0.4, -0.2) is 209 Å². The molecular formula is C82H107N23O3. The molecule has 10 atom stereocenters. The summed E-state index contributed by atoms with van der Waals surface area (Å²) in [5.74, 6) is 3.40. The number of nitriles is 4. The third-order valence-electron chi connectivity index (χ3n) is 22.5. The van der Waals surface area contributed by atoms with Gasteiger partial charge in [0.25, 0.3) is 0 Å². The molecule has 0 bridgehead atoms. The number of nitrogens with zero attached hydrogens (tertiary/aromatic N) is 19. The van der Waals surface area contributed by atoms with E-state index in [0.717, 1.165) is 162 Å². The van der Waals surface area contributed by atoms with Gasteiger partial charge < -0.3 is 56.0 Å². The van der Waals surface area contributed by atoms with Crippen molar-refractivity contribution in [1.82, 2.24) is 70.5 Å². The van der Waals surface area contributed by atoms with E-state index in [1.807, 2.05) is 42.5 Å². The number of hydrogen-bond acceptors (Lipinski definition) is 23. The molecule has 7 aliphatic rings. The van der Waals surface area contributed by atoms with E-state index in [1.54, 1.807) is 55.6 Å². The van der Waals surface area contributed by atoms with Crippen LogP contribution in [0.15, 0.2) is 98.1 Å². The van der Waals surface area contributed by atoms with Gasteiger partial charge in [0, 0.05) is 140 Å². The van der Waals surface area contributed by atoms with E-state index in [9.17, 15) is 30.2 Å². The summed E-state index contributed by atoms with van der Waals surface area (Å²) in [6, 6.07) is 24.3. The van der Waals surface area contributed by atoms with Gasteiger partial charge in [-0.15, -0.1) is 0 Å². The lowest BCUT2D eigenvalue weighted by Crippen LogP contribution is -2.42. The van der Waals surface area contributed by atoms with Crippen molar-refractivity contribution in [1.29, 1.82) is 21.0 Å². The molecule has 568 valence electrons. The molecule has 0 aliphatic carbocycles. The largest absolute Gasteiger partial charge is 0.368 e. The highest BCUT2D eigenvalue weighted by Crippen LogP contribution is 2.36. The van der Waals surface area contributed by atoms with Crippen molar-refractivity contribution in [2.45, 2.75) is 125 Å². The standard InChI is InChI=1S/3C22H28N6O.C14H15N5.2CH4/c1-15-13-28(19-4-3-17(12-23)21-22(19)25-8-7-24-21)14-18(15)26-20(29)11-16-5-9-27(2)10-6-16;2*1-15-12-28(19-6-5-17(11-23)21-22(19)25-8-7-24-21)14-18(15)26-20(29)10-16-4-3-9-27(2)13-16;1-9-7-19(8-11(9)16)12-3-2-10(6-15)13-14(12)18-5-4-17-13;;/h3-4,7-8,15-16,18H,5-6,9-11,13-14H2,1-2H3,(H,26,29);2*5-8,15-16,18H,3-4,9-10,12-14H2,1-2H3,(H,26,29);2-5,9,11H,7-8,16H2,1H3;2*1H4/t15-,18+;2*15-,16?,18+;9-,11+;;/m1111../s1. The summed E-state index contributed by atoms with van der Waals surface area (Å²) in [5.41, 5.74) is 17.8. The van der Waals surface area contributed by atoms with Crippen LogP contribution in [0.1, 0.15) is 123 Å². The molecule has 7 saturated heterocycles. The van der Waals surface area contributed by atoms with Crippen molar-refractivity contribution in [2.75, 3.05) is 132 Å². The Labute approximate surface area is 636 Å². The van der Waals surface area contributed by atoms with Gasteiger partial charge in [-0.3, -0.25) is 54.3 Å². The Kier molecular flexibility index (Phi) is 27.5. The summed E-state index contributed by atoms with van der Waals surface area (Å²) in [7, 11) is 6.40. The number of amides is 3. The fourth-order valence-electron chi connectivity index (χ4n) is 16.5. The number of benzene rings is 4. The molecule has 26 nitrogen and oxygen atoms in total. The molecule has 15 rings (SSSR count). The Morgan fingerprint density at radius 3 is 0.926 bits per heavy atom. The average Bonchev–Trinajstić information content (AvgIpc) is 1.49. The molecule has 5 N–H and O–H groups in total. The van der Waals surface area contributed by atoms with Crippen molar-refractivity contribution >= 4 is 84.6 Å². The lowest BCUT2D eigenvalue weighted by Gasteiger charge is -2.29. The van der Waals surface area contributed by atoms with Gasteiger partial charge in [0.15, 0.2) is 0 Å². The van der Waals surface area contributed by atoms with E-state index in [4.69, 9.17) is 11.0 Å². The van der Waals surface area contributed by atoms with Crippen molar-refractivity contribution in [2.24, 2.45) is 47.2 Å². The first kappa shape index (κ1) is 80.2. The highest BCUT2D eigenvalue weighted by molar-refractivity contribution is 5.95. The fraction of sp³-hybridized carbons (Fsp3) is 0.524. The SMILES string of the molecule is C.C.C[C@@H]1CN(c2ccc(C#N)c3nccnc23)C[C@@H]1N.C[C@@H]1CN(c2ccc(C#N)c3nccnc23)C[C@@H]1NC(=O)CC1CCCN(C)C1.C[C@@H]1CN(c2ccc(C#N)c3nccnc23)C[C@@H]1NC(=O)CC1CCCN(C)C1.C[C@@H]1CN(c2ccc(C#N)c3nccnc23)C[C@@H]1NC(=O)CC1CCN(C)CC1. The lowest BCUT2D eigenvalue weighted by molar-refractivity contribution is -0.124.